The third-order valence-corrected chi connectivity index (χ3v) is 8.78. The quantitative estimate of drug-likeness (QED) is 0.609. The van der Waals surface area contributed by atoms with Gasteiger partial charge in [0.25, 0.3) is 0 Å². The molecule has 4 rings (SSSR count). The summed E-state index contributed by atoms with van der Waals surface area (Å²) in [5.41, 5.74) is 0. The Kier molecular flexibility index (Phi) is 6.91. The summed E-state index contributed by atoms with van der Waals surface area (Å²) in [5.74, 6) is 1.21. The van der Waals surface area contributed by atoms with E-state index < -0.39 is 21.2 Å². The van der Waals surface area contributed by atoms with Crippen molar-refractivity contribution in [1.29, 1.82) is 0 Å². The van der Waals surface area contributed by atoms with Gasteiger partial charge in [-0.25, -0.2) is 8.42 Å². The summed E-state index contributed by atoms with van der Waals surface area (Å²) in [5, 5.41) is 5.94. The van der Waals surface area contributed by atoms with Gasteiger partial charge in [0.15, 0.2) is 0 Å². The Balaban J connectivity index is 1.33. The summed E-state index contributed by atoms with van der Waals surface area (Å²) in [6.07, 6.45) is 1.57. The van der Waals surface area contributed by atoms with Crippen LogP contribution in [-0.2, 0) is 16.2 Å². The van der Waals surface area contributed by atoms with Crippen molar-refractivity contribution in [3.05, 3.63) is 29.3 Å². The van der Waals surface area contributed by atoms with Crippen molar-refractivity contribution in [2.45, 2.75) is 43.2 Å². The number of anilines is 1. The highest BCUT2D eigenvalue weighted by atomic mass is 32.2. The van der Waals surface area contributed by atoms with Crippen molar-refractivity contribution in [3.63, 3.8) is 0 Å². The van der Waals surface area contributed by atoms with Crippen LogP contribution in [0.25, 0.3) is 0 Å². The zero-order valence-electron chi connectivity index (χ0n) is 17.4. The zero-order chi connectivity index (χ0) is 22.8. The van der Waals surface area contributed by atoms with E-state index in [-0.39, 0.29) is 36.2 Å². The summed E-state index contributed by atoms with van der Waals surface area (Å²) < 4.78 is 71.3. The molecule has 0 unspecified atom stereocenters. The Hall–Kier alpha value is -1.92. The molecule has 176 valence electrons. The monoisotopic (exact) mass is 490 g/mol. The first kappa shape index (κ1) is 23.2. The largest absolute Gasteiger partial charge is 0.493 e. The van der Waals surface area contributed by atoms with Crippen LogP contribution in [0.3, 0.4) is 0 Å². The fraction of sp³-hybridized carbons (Fsp3) is 0.600. The Bertz CT molecular complexity index is 998. The maximum Gasteiger partial charge on any atom is 0.445 e. The lowest BCUT2D eigenvalue weighted by Gasteiger charge is -2.33. The van der Waals surface area contributed by atoms with Gasteiger partial charge in [-0.3, -0.25) is 0 Å². The Morgan fingerprint density at radius 2 is 1.66 bits per heavy atom. The van der Waals surface area contributed by atoms with E-state index in [1.807, 2.05) is 0 Å². The molecule has 0 amide bonds. The Morgan fingerprint density at radius 1 is 1.00 bits per heavy atom. The molecule has 2 fully saturated rings. The molecule has 2 heterocycles. The Morgan fingerprint density at radius 3 is 2.25 bits per heavy atom. The van der Waals surface area contributed by atoms with Gasteiger partial charge in [-0.15, -0.1) is 10.2 Å². The van der Waals surface area contributed by atoms with E-state index in [0.29, 0.717) is 29.6 Å². The molecular weight excluding hydrogens is 465 g/mol. The van der Waals surface area contributed by atoms with Gasteiger partial charge < -0.3 is 9.64 Å². The SMILES string of the molecule is O=S(=O)(c1ccc(OCC2CCCCC2)cc1)N1CCN(c2nnc(C(F)(F)F)s2)CC1. The fourth-order valence-electron chi connectivity index (χ4n) is 4.00. The summed E-state index contributed by atoms with van der Waals surface area (Å²) in [6, 6.07) is 6.42. The second-order valence-corrected chi connectivity index (χ2v) is 11.0. The van der Waals surface area contributed by atoms with Gasteiger partial charge in [0.1, 0.15) is 5.75 Å². The van der Waals surface area contributed by atoms with Gasteiger partial charge in [-0.2, -0.15) is 17.5 Å². The molecule has 0 N–H and O–H groups in total. The van der Waals surface area contributed by atoms with Crippen LogP contribution < -0.4 is 9.64 Å². The molecule has 2 aliphatic rings. The van der Waals surface area contributed by atoms with E-state index in [2.05, 4.69) is 10.2 Å². The van der Waals surface area contributed by atoms with Crippen LogP contribution in [0, 0.1) is 5.92 Å². The van der Waals surface area contributed by atoms with E-state index >= 15 is 0 Å². The molecule has 12 heteroatoms. The lowest BCUT2D eigenvalue weighted by atomic mass is 9.90. The number of nitrogens with zero attached hydrogens (tertiary/aromatic N) is 4. The molecule has 32 heavy (non-hydrogen) atoms. The molecule has 1 aliphatic heterocycles. The smallest absolute Gasteiger partial charge is 0.445 e. The normalized spacial score (nSPS) is 19.3. The number of ether oxygens (including phenoxy) is 1. The van der Waals surface area contributed by atoms with Gasteiger partial charge >= 0.3 is 6.18 Å². The van der Waals surface area contributed by atoms with Gasteiger partial charge in [0.05, 0.1) is 11.5 Å². The van der Waals surface area contributed by atoms with Crippen molar-refractivity contribution in [3.8, 4) is 5.75 Å². The van der Waals surface area contributed by atoms with Crippen LogP contribution in [0.1, 0.15) is 37.1 Å². The van der Waals surface area contributed by atoms with Crippen molar-refractivity contribution < 1.29 is 26.3 Å². The highest BCUT2D eigenvalue weighted by Crippen LogP contribution is 2.35. The molecule has 1 aromatic carbocycles. The van der Waals surface area contributed by atoms with E-state index in [4.69, 9.17) is 4.74 Å². The number of hydrogen-bond acceptors (Lipinski definition) is 7. The fourth-order valence-corrected chi connectivity index (χ4v) is 6.19. The first-order valence-corrected chi connectivity index (χ1v) is 12.9. The van der Waals surface area contributed by atoms with Crippen molar-refractivity contribution >= 4 is 26.5 Å². The number of aromatic nitrogens is 2. The highest BCUT2D eigenvalue weighted by molar-refractivity contribution is 7.89. The third-order valence-electron chi connectivity index (χ3n) is 5.84. The number of sulfonamides is 1. The van der Waals surface area contributed by atoms with E-state index in [1.54, 1.807) is 17.0 Å². The molecule has 0 radical (unpaired) electrons. The number of rotatable bonds is 6. The third kappa shape index (κ3) is 5.34. The van der Waals surface area contributed by atoms with Crippen LogP contribution in [0.5, 0.6) is 5.75 Å². The van der Waals surface area contributed by atoms with Gasteiger partial charge in [-0.1, -0.05) is 30.6 Å². The first-order valence-electron chi connectivity index (χ1n) is 10.6. The topological polar surface area (TPSA) is 75.6 Å². The number of hydrogen-bond donors (Lipinski definition) is 0. The number of halogens is 3. The second kappa shape index (κ2) is 9.52. The highest BCUT2D eigenvalue weighted by Gasteiger charge is 2.37. The minimum atomic E-state index is -4.53. The molecule has 1 aromatic heterocycles. The molecule has 1 saturated carbocycles. The molecule has 1 aliphatic carbocycles. The standard InChI is InChI=1S/C20H25F3N4O3S2/c21-20(22,23)18-24-25-19(31-18)26-10-12-27(13-11-26)32(28,29)17-8-6-16(7-9-17)30-14-15-4-2-1-3-5-15/h6-9,15H,1-5,10-14H2. The van der Waals surface area contributed by atoms with Gasteiger partial charge in [-0.05, 0) is 43.0 Å². The average Bonchev–Trinajstić information content (AvgIpc) is 3.30. The molecule has 0 atom stereocenters. The van der Waals surface area contributed by atoms with Gasteiger partial charge in [0, 0.05) is 26.2 Å². The summed E-state index contributed by atoms with van der Waals surface area (Å²) in [7, 11) is -3.70. The predicted molar refractivity (Wildman–Crippen MR) is 114 cm³/mol. The molecule has 2 aromatic rings. The maximum atomic E-state index is 13.0. The van der Waals surface area contributed by atoms with Crippen LogP contribution in [0.15, 0.2) is 29.2 Å². The first-order chi connectivity index (χ1) is 15.2. The van der Waals surface area contributed by atoms with Crippen LogP contribution in [0.2, 0.25) is 0 Å². The predicted octanol–water partition coefficient (Wildman–Crippen LogP) is 4.03. The summed E-state index contributed by atoms with van der Waals surface area (Å²) >= 11 is 0.465. The minimum absolute atomic E-state index is 0.147. The summed E-state index contributed by atoms with van der Waals surface area (Å²) in [6.45, 7) is 1.45. The maximum absolute atomic E-state index is 13.0. The molecular formula is C20H25F3N4O3S2. The number of piperazine rings is 1. The van der Waals surface area contributed by atoms with Crippen molar-refractivity contribution in [1.82, 2.24) is 14.5 Å². The minimum Gasteiger partial charge on any atom is -0.493 e. The van der Waals surface area contributed by atoms with Crippen LogP contribution >= 0.6 is 11.3 Å². The zero-order valence-corrected chi connectivity index (χ0v) is 19.1. The molecule has 0 spiro atoms. The average molecular weight is 491 g/mol. The molecule has 0 bridgehead atoms. The molecule has 1 saturated heterocycles. The number of benzene rings is 1. The second-order valence-electron chi connectivity index (χ2n) is 8.07. The van der Waals surface area contributed by atoms with E-state index in [0.717, 1.165) is 0 Å². The Labute approximate surface area is 189 Å². The van der Waals surface area contributed by atoms with E-state index in [9.17, 15) is 21.6 Å². The van der Waals surface area contributed by atoms with Crippen LogP contribution in [0.4, 0.5) is 18.3 Å². The van der Waals surface area contributed by atoms with Crippen molar-refractivity contribution in [2.75, 3.05) is 37.7 Å². The summed E-state index contributed by atoms with van der Waals surface area (Å²) in [4.78, 5) is 1.80. The van der Waals surface area contributed by atoms with Crippen molar-refractivity contribution in [2.24, 2.45) is 5.92 Å². The molecule has 7 nitrogen and oxygen atoms in total. The lowest BCUT2D eigenvalue weighted by molar-refractivity contribution is -0.138. The lowest BCUT2D eigenvalue weighted by Crippen LogP contribution is -2.48. The van der Waals surface area contributed by atoms with E-state index in [1.165, 1.54) is 48.5 Å². The number of alkyl halides is 3. The van der Waals surface area contributed by atoms with Crippen LogP contribution in [-0.4, -0.2) is 55.7 Å². The van der Waals surface area contributed by atoms with Gasteiger partial charge in [0.2, 0.25) is 20.2 Å².